The monoisotopic (exact) mass is 384 g/mol. The molecule has 2 aromatic rings. The third-order valence-corrected chi connectivity index (χ3v) is 5.15. The molecule has 0 bridgehead atoms. The number of aliphatic carboxylic acids is 1. The van der Waals surface area contributed by atoms with Crippen LogP contribution in [0.2, 0.25) is 0 Å². The number of carboxylic acid groups (broad SMARTS) is 1. The molecule has 5 nitrogen and oxygen atoms in total. The highest BCUT2D eigenvalue weighted by Crippen LogP contribution is 2.36. The first-order valence-electron chi connectivity index (χ1n) is 9.70. The number of hydrogen-bond acceptors (Lipinski definition) is 4. The van der Waals surface area contributed by atoms with Crippen LogP contribution in [0.25, 0.3) is 0 Å². The average molecular weight is 384 g/mol. The van der Waals surface area contributed by atoms with Gasteiger partial charge >= 0.3 is 5.97 Å². The smallest absolute Gasteiger partial charge is 0.306 e. The van der Waals surface area contributed by atoms with E-state index in [9.17, 15) is 4.79 Å². The van der Waals surface area contributed by atoms with Crippen LogP contribution < -0.4 is 14.2 Å². The minimum atomic E-state index is -0.780. The molecular formula is C23H28O5. The zero-order chi connectivity index (χ0) is 20.1. The topological polar surface area (TPSA) is 65.0 Å². The van der Waals surface area contributed by atoms with Crippen molar-refractivity contribution in [2.75, 3.05) is 13.7 Å². The fraction of sp³-hybridized carbons (Fsp3) is 0.435. The van der Waals surface area contributed by atoms with Gasteiger partial charge in [0, 0.05) is 0 Å². The maximum atomic E-state index is 11.0. The Bertz CT molecular complexity index is 810. The van der Waals surface area contributed by atoms with E-state index in [0.717, 1.165) is 41.2 Å². The number of hydrogen-bond donors (Lipinski definition) is 1. The zero-order valence-corrected chi connectivity index (χ0v) is 16.7. The molecule has 0 aromatic heterocycles. The molecule has 0 aliphatic heterocycles. The number of rotatable bonds is 9. The highest BCUT2D eigenvalue weighted by molar-refractivity contribution is 5.69. The van der Waals surface area contributed by atoms with Crippen molar-refractivity contribution >= 4 is 5.97 Å². The van der Waals surface area contributed by atoms with Crippen LogP contribution in [0.5, 0.6) is 17.2 Å². The lowest BCUT2D eigenvalue weighted by molar-refractivity contribution is -0.141. The van der Waals surface area contributed by atoms with Crippen LogP contribution in [0.1, 0.15) is 30.9 Å². The maximum Gasteiger partial charge on any atom is 0.306 e. The molecule has 0 spiro atoms. The number of ether oxygens (including phenoxy) is 3. The molecule has 0 heterocycles. The number of benzene rings is 2. The second kappa shape index (κ2) is 9.00. The summed E-state index contributed by atoms with van der Waals surface area (Å²) in [5.74, 6) is 1.63. The van der Waals surface area contributed by atoms with Crippen molar-refractivity contribution in [2.24, 2.45) is 11.8 Å². The van der Waals surface area contributed by atoms with Gasteiger partial charge in [0.05, 0.1) is 25.7 Å². The Hall–Kier alpha value is -2.69. The van der Waals surface area contributed by atoms with Crippen LogP contribution in [-0.4, -0.2) is 30.9 Å². The third-order valence-electron chi connectivity index (χ3n) is 5.15. The van der Waals surface area contributed by atoms with E-state index in [4.69, 9.17) is 19.3 Å². The molecule has 1 saturated carbocycles. The molecule has 28 heavy (non-hydrogen) atoms. The first-order valence-corrected chi connectivity index (χ1v) is 9.70. The lowest BCUT2D eigenvalue weighted by atomic mass is 9.83. The molecule has 0 amide bonds. The van der Waals surface area contributed by atoms with Crippen molar-refractivity contribution in [1.29, 1.82) is 0 Å². The highest BCUT2D eigenvalue weighted by Gasteiger charge is 2.32. The van der Waals surface area contributed by atoms with E-state index < -0.39 is 11.9 Å². The van der Waals surface area contributed by atoms with Gasteiger partial charge in [-0.1, -0.05) is 25.1 Å². The summed E-state index contributed by atoms with van der Waals surface area (Å²) in [6.07, 6.45) is 2.59. The Morgan fingerprint density at radius 2 is 1.96 bits per heavy atom. The number of methoxy groups -OCH3 is 1. The van der Waals surface area contributed by atoms with Crippen LogP contribution in [0.15, 0.2) is 42.5 Å². The molecule has 5 heteroatoms. The van der Waals surface area contributed by atoms with Crippen molar-refractivity contribution in [2.45, 2.75) is 39.2 Å². The first kappa shape index (κ1) is 20.1. The normalized spacial score (nSPS) is 19.4. The fourth-order valence-corrected chi connectivity index (χ4v) is 3.38. The molecule has 1 atom stereocenters. The second-order valence-electron chi connectivity index (χ2n) is 7.63. The summed E-state index contributed by atoms with van der Waals surface area (Å²) in [6.45, 7) is 4.39. The summed E-state index contributed by atoms with van der Waals surface area (Å²) in [5.41, 5.74) is 2.13. The molecule has 2 aromatic carbocycles. The fourth-order valence-electron chi connectivity index (χ4n) is 3.38. The van der Waals surface area contributed by atoms with Gasteiger partial charge in [-0.3, -0.25) is 4.79 Å². The van der Waals surface area contributed by atoms with Gasteiger partial charge in [0.25, 0.3) is 0 Å². The maximum absolute atomic E-state index is 11.0. The van der Waals surface area contributed by atoms with E-state index in [0.29, 0.717) is 18.9 Å². The first-order chi connectivity index (χ1) is 13.4. The van der Waals surface area contributed by atoms with Crippen molar-refractivity contribution in [1.82, 2.24) is 0 Å². The molecule has 1 fully saturated rings. The Morgan fingerprint density at radius 3 is 2.68 bits per heavy atom. The minimum Gasteiger partial charge on any atom is -0.493 e. The molecule has 1 N–H and O–H groups in total. The predicted octanol–water partition coefficient (Wildman–Crippen LogP) is 4.50. The van der Waals surface area contributed by atoms with Crippen molar-refractivity contribution in [3.8, 4) is 17.2 Å². The Balaban J connectivity index is 1.46. The van der Waals surface area contributed by atoms with Crippen LogP contribution in [0, 0.1) is 18.8 Å². The molecule has 150 valence electrons. The van der Waals surface area contributed by atoms with E-state index >= 15 is 0 Å². The number of carboxylic acids is 1. The SMILES string of the molecule is COc1ccc(C)cc1OC1CC(COc2cccc(CC(C)C(=O)O)c2)C1. The summed E-state index contributed by atoms with van der Waals surface area (Å²) in [6, 6.07) is 13.6. The highest BCUT2D eigenvalue weighted by atomic mass is 16.5. The zero-order valence-electron chi connectivity index (χ0n) is 16.7. The number of aryl methyl sites for hydroxylation is 1. The van der Waals surface area contributed by atoms with Crippen molar-refractivity contribution < 1.29 is 24.1 Å². The van der Waals surface area contributed by atoms with E-state index in [2.05, 4.69) is 0 Å². The van der Waals surface area contributed by atoms with Crippen LogP contribution in [-0.2, 0) is 11.2 Å². The van der Waals surface area contributed by atoms with Crippen LogP contribution in [0.3, 0.4) is 0 Å². The molecule has 1 unspecified atom stereocenters. The van der Waals surface area contributed by atoms with Crippen LogP contribution >= 0.6 is 0 Å². The molecule has 0 radical (unpaired) electrons. The summed E-state index contributed by atoms with van der Waals surface area (Å²) in [4.78, 5) is 11.0. The third kappa shape index (κ3) is 5.18. The molecule has 1 aliphatic carbocycles. The second-order valence-corrected chi connectivity index (χ2v) is 7.63. The van der Waals surface area contributed by atoms with Gasteiger partial charge in [-0.25, -0.2) is 0 Å². The standard InChI is InChI=1S/C23H28O5/c1-15-7-8-21(26-3)22(9-15)28-20-12-18(13-20)14-27-19-6-4-5-17(11-19)10-16(2)23(24)25/h4-9,11,16,18,20H,10,12-14H2,1-3H3,(H,24,25). The summed E-state index contributed by atoms with van der Waals surface area (Å²) in [7, 11) is 1.65. The minimum absolute atomic E-state index is 0.187. The Kier molecular flexibility index (Phi) is 6.45. The van der Waals surface area contributed by atoms with Gasteiger partial charge in [0.2, 0.25) is 0 Å². The van der Waals surface area contributed by atoms with Crippen molar-refractivity contribution in [3.05, 3.63) is 53.6 Å². The quantitative estimate of drug-likeness (QED) is 0.689. The Labute approximate surface area is 166 Å². The van der Waals surface area contributed by atoms with Gasteiger partial charge in [-0.05, 0) is 67.5 Å². The lowest BCUT2D eigenvalue weighted by Crippen LogP contribution is -2.37. The molecule has 0 saturated heterocycles. The van der Waals surface area contributed by atoms with Gasteiger partial charge in [0.15, 0.2) is 11.5 Å². The van der Waals surface area contributed by atoms with Gasteiger partial charge < -0.3 is 19.3 Å². The van der Waals surface area contributed by atoms with Gasteiger partial charge in [-0.15, -0.1) is 0 Å². The average Bonchev–Trinajstić information content (AvgIpc) is 2.63. The van der Waals surface area contributed by atoms with E-state index in [1.807, 2.05) is 49.4 Å². The summed E-state index contributed by atoms with van der Waals surface area (Å²) < 4.78 is 17.4. The largest absolute Gasteiger partial charge is 0.493 e. The summed E-state index contributed by atoms with van der Waals surface area (Å²) in [5, 5.41) is 9.06. The van der Waals surface area contributed by atoms with Gasteiger partial charge in [0.1, 0.15) is 5.75 Å². The van der Waals surface area contributed by atoms with E-state index in [-0.39, 0.29) is 6.10 Å². The lowest BCUT2D eigenvalue weighted by Gasteiger charge is -2.35. The predicted molar refractivity (Wildman–Crippen MR) is 107 cm³/mol. The van der Waals surface area contributed by atoms with Crippen molar-refractivity contribution in [3.63, 3.8) is 0 Å². The van der Waals surface area contributed by atoms with Crippen LogP contribution in [0.4, 0.5) is 0 Å². The van der Waals surface area contributed by atoms with Gasteiger partial charge in [-0.2, -0.15) is 0 Å². The molecular weight excluding hydrogens is 356 g/mol. The summed E-state index contributed by atoms with van der Waals surface area (Å²) >= 11 is 0. The Morgan fingerprint density at radius 1 is 1.18 bits per heavy atom. The number of carbonyl (C=O) groups is 1. The van der Waals surface area contributed by atoms with E-state index in [1.165, 1.54) is 0 Å². The molecule has 1 aliphatic rings. The van der Waals surface area contributed by atoms with E-state index in [1.54, 1.807) is 14.0 Å². The molecule has 3 rings (SSSR count).